The van der Waals surface area contributed by atoms with Crippen LogP contribution in [0.3, 0.4) is 0 Å². The first kappa shape index (κ1) is 13.9. The van der Waals surface area contributed by atoms with E-state index < -0.39 is 0 Å². The largest absolute Gasteiger partial charge is 0.336 e. The zero-order valence-corrected chi connectivity index (χ0v) is 12.0. The molecule has 0 spiro atoms. The van der Waals surface area contributed by atoms with Gasteiger partial charge in [-0.3, -0.25) is 0 Å². The Morgan fingerprint density at radius 1 is 1.53 bits per heavy atom. The number of carbonyl (C=O) groups excluding carboxylic acids is 1. The molecule has 1 aliphatic heterocycles. The predicted octanol–water partition coefficient (Wildman–Crippen LogP) is 0.362. The van der Waals surface area contributed by atoms with Crippen molar-refractivity contribution in [2.24, 2.45) is 0 Å². The summed E-state index contributed by atoms with van der Waals surface area (Å²) >= 11 is 0. The first-order valence-electron chi connectivity index (χ1n) is 6.86. The summed E-state index contributed by atoms with van der Waals surface area (Å²) in [7, 11) is 3.50. The molecule has 1 aromatic heterocycles. The third kappa shape index (κ3) is 3.07. The maximum absolute atomic E-state index is 11.5. The molecule has 0 fully saturated rings. The van der Waals surface area contributed by atoms with E-state index in [9.17, 15) is 4.79 Å². The van der Waals surface area contributed by atoms with E-state index in [0.29, 0.717) is 6.54 Å². The van der Waals surface area contributed by atoms with Crippen molar-refractivity contribution in [3.05, 3.63) is 17.2 Å². The second-order valence-corrected chi connectivity index (χ2v) is 4.98. The van der Waals surface area contributed by atoms with Gasteiger partial charge in [-0.1, -0.05) is 6.92 Å². The van der Waals surface area contributed by atoms with E-state index >= 15 is 0 Å². The Hall–Kier alpha value is -1.56. The quantitative estimate of drug-likeness (QED) is 0.826. The lowest BCUT2D eigenvalue weighted by Gasteiger charge is -2.17. The van der Waals surface area contributed by atoms with E-state index in [1.54, 1.807) is 19.0 Å². The molecule has 106 valence electrons. The van der Waals surface area contributed by atoms with E-state index in [1.807, 2.05) is 0 Å². The molecule has 0 atom stereocenters. The number of urea groups is 1. The second kappa shape index (κ2) is 6.06. The molecule has 1 aromatic rings. The van der Waals surface area contributed by atoms with E-state index in [1.165, 1.54) is 11.4 Å². The second-order valence-electron chi connectivity index (χ2n) is 4.98. The Labute approximate surface area is 114 Å². The van der Waals surface area contributed by atoms with Gasteiger partial charge in [-0.25, -0.2) is 9.78 Å². The third-order valence-corrected chi connectivity index (χ3v) is 3.40. The standard InChI is InChI=1S/C13H23N5O/c1-4-12-16-10-9-14-6-5-11(10)18(12)8-7-15-13(19)17(2)3/h14H,4-9H2,1-3H3,(H,15,19). The van der Waals surface area contributed by atoms with Crippen LogP contribution >= 0.6 is 0 Å². The number of aromatic nitrogens is 2. The van der Waals surface area contributed by atoms with Gasteiger partial charge < -0.3 is 20.1 Å². The number of rotatable bonds is 4. The van der Waals surface area contributed by atoms with Crippen molar-refractivity contribution in [2.75, 3.05) is 27.2 Å². The van der Waals surface area contributed by atoms with Gasteiger partial charge in [0.1, 0.15) is 5.82 Å². The highest BCUT2D eigenvalue weighted by Gasteiger charge is 2.18. The number of hydrogen-bond acceptors (Lipinski definition) is 3. The average molecular weight is 265 g/mol. The van der Waals surface area contributed by atoms with E-state index in [4.69, 9.17) is 0 Å². The molecule has 2 amide bonds. The topological polar surface area (TPSA) is 62.2 Å². The highest BCUT2D eigenvalue weighted by atomic mass is 16.2. The molecule has 6 heteroatoms. The summed E-state index contributed by atoms with van der Waals surface area (Å²) < 4.78 is 2.27. The summed E-state index contributed by atoms with van der Waals surface area (Å²) in [6, 6.07) is -0.0475. The summed E-state index contributed by atoms with van der Waals surface area (Å²) in [6.07, 6.45) is 1.94. The van der Waals surface area contributed by atoms with Crippen molar-refractivity contribution >= 4 is 6.03 Å². The van der Waals surface area contributed by atoms with Gasteiger partial charge in [0.15, 0.2) is 0 Å². The fourth-order valence-corrected chi connectivity index (χ4v) is 2.39. The normalized spacial score (nSPS) is 14.1. The van der Waals surface area contributed by atoms with Gasteiger partial charge in [0.2, 0.25) is 0 Å². The molecule has 0 aromatic carbocycles. The fourth-order valence-electron chi connectivity index (χ4n) is 2.39. The summed E-state index contributed by atoms with van der Waals surface area (Å²) in [6.45, 7) is 5.42. The zero-order valence-electron chi connectivity index (χ0n) is 12.0. The van der Waals surface area contributed by atoms with Gasteiger partial charge in [-0.05, 0) is 0 Å². The number of nitrogens with one attached hydrogen (secondary N) is 2. The van der Waals surface area contributed by atoms with Gasteiger partial charge in [0, 0.05) is 58.8 Å². The summed E-state index contributed by atoms with van der Waals surface area (Å²) in [5, 5.41) is 6.24. The average Bonchev–Trinajstić information content (AvgIpc) is 2.76. The highest BCUT2D eigenvalue weighted by Crippen LogP contribution is 2.16. The monoisotopic (exact) mass is 265 g/mol. The predicted molar refractivity (Wildman–Crippen MR) is 74.1 cm³/mol. The molecule has 1 aliphatic rings. The molecular weight excluding hydrogens is 242 g/mol. The molecule has 0 aliphatic carbocycles. The van der Waals surface area contributed by atoms with Crippen LogP contribution in [0.15, 0.2) is 0 Å². The first-order chi connectivity index (χ1) is 9.13. The number of carbonyl (C=O) groups is 1. The SMILES string of the molecule is CCc1nc2c(n1CCNC(=O)N(C)C)CCNC2. The Morgan fingerprint density at radius 3 is 3.00 bits per heavy atom. The molecule has 0 bridgehead atoms. The number of aryl methyl sites for hydroxylation is 1. The summed E-state index contributed by atoms with van der Waals surface area (Å²) in [5.41, 5.74) is 2.50. The number of amides is 2. The number of hydrogen-bond donors (Lipinski definition) is 2. The van der Waals surface area contributed by atoms with Gasteiger partial charge in [-0.15, -0.1) is 0 Å². The molecule has 0 saturated heterocycles. The molecular formula is C13H23N5O. The van der Waals surface area contributed by atoms with Crippen molar-refractivity contribution in [3.63, 3.8) is 0 Å². The molecule has 2 heterocycles. The molecule has 2 rings (SSSR count). The van der Waals surface area contributed by atoms with Crippen LogP contribution < -0.4 is 10.6 Å². The van der Waals surface area contributed by atoms with Gasteiger partial charge in [0.25, 0.3) is 0 Å². The lowest BCUT2D eigenvalue weighted by atomic mass is 10.2. The summed E-state index contributed by atoms with van der Waals surface area (Å²) in [5.74, 6) is 1.12. The van der Waals surface area contributed by atoms with Crippen LogP contribution in [0.1, 0.15) is 24.1 Å². The van der Waals surface area contributed by atoms with Crippen molar-refractivity contribution in [2.45, 2.75) is 32.9 Å². The number of imidazole rings is 1. The number of nitrogens with zero attached hydrogens (tertiary/aromatic N) is 3. The van der Waals surface area contributed by atoms with E-state index in [2.05, 4.69) is 27.1 Å². The minimum Gasteiger partial charge on any atom is -0.336 e. The van der Waals surface area contributed by atoms with E-state index in [-0.39, 0.29) is 6.03 Å². The van der Waals surface area contributed by atoms with Gasteiger partial charge in [0.05, 0.1) is 5.69 Å². The van der Waals surface area contributed by atoms with Crippen molar-refractivity contribution in [3.8, 4) is 0 Å². The maximum Gasteiger partial charge on any atom is 0.316 e. The lowest BCUT2D eigenvalue weighted by Crippen LogP contribution is -2.36. The Kier molecular flexibility index (Phi) is 4.42. The lowest BCUT2D eigenvalue weighted by molar-refractivity contribution is 0.217. The van der Waals surface area contributed by atoms with Crippen molar-refractivity contribution in [1.82, 2.24) is 25.1 Å². The maximum atomic E-state index is 11.5. The highest BCUT2D eigenvalue weighted by molar-refractivity contribution is 5.73. The summed E-state index contributed by atoms with van der Waals surface area (Å²) in [4.78, 5) is 17.7. The third-order valence-electron chi connectivity index (χ3n) is 3.40. The van der Waals surface area contributed by atoms with Crippen LogP contribution in [0.25, 0.3) is 0 Å². The Balaban J connectivity index is 2.03. The molecule has 0 unspecified atom stereocenters. The molecule has 0 radical (unpaired) electrons. The minimum absolute atomic E-state index is 0.0475. The zero-order chi connectivity index (χ0) is 13.8. The van der Waals surface area contributed by atoms with Crippen molar-refractivity contribution < 1.29 is 4.79 Å². The molecule has 2 N–H and O–H groups in total. The smallest absolute Gasteiger partial charge is 0.316 e. The van der Waals surface area contributed by atoms with Crippen LogP contribution in [0, 0.1) is 0 Å². The first-order valence-corrected chi connectivity index (χ1v) is 6.86. The van der Waals surface area contributed by atoms with Gasteiger partial charge in [-0.2, -0.15) is 0 Å². The molecule has 19 heavy (non-hydrogen) atoms. The van der Waals surface area contributed by atoms with Crippen LogP contribution in [0.2, 0.25) is 0 Å². The van der Waals surface area contributed by atoms with Gasteiger partial charge >= 0.3 is 6.03 Å². The van der Waals surface area contributed by atoms with Crippen molar-refractivity contribution in [1.29, 1.82) is 0 Å². The van der Waals surface area contributed by atoms with Crippen LogP contribution in [-0.2, 0) is 25.9 Å². The Morgan fingerprint density at radius 2 is 2.32 bits per heavy atom. The molecule has 0 saturated carbocycles. The van der Waals surface area contributed by atoms with Crippen LogP contribution in [0.5, 0.6) is 0 Å². The van der Waals surface area contributed by atoms with Crippen LogP contribution in [-0.4, -0.2) is 47.7 Å². The molecule has 6 nitrogen and oxygen atoms in total. The fraction of sp³-hybridized carbons (Fsp3) is 0.692. The van der Waals surface area contributed by atoms with Crippen LogP contribution in [0.4, 0.5) is 4.79 Å². The number of fused-ring (bicyclic) bond motifs is 1. The minimum atomic E-state index is -0.0475. The van der Waals surface area contributed by atoms with E-state index in [0.717, 1.165) is 38.3 Å². The Bertz CT molecular complexity index is 452.